The van der Waals surface area contributed by atoms with E-state index in [1.54, 1.807) is 20.9 Å². The van der Waals surface area contributed by atoms with Crippen molar-refractivity contribution < 1.29 is 27.5 Å². The monoisotopic (exact) mass is 476 g/mol. The van der Waals surface area contributed by atoms with Crippen molar-refractivity contribution in [2.45, 2.75) is 44.7 Å². The van der Waals surface area contributed by atoms with Gasteiger partial charge in [0.2, 0.25) is 10.0 Å². The van der Waals surface area contributed by atoms with Gasteiger partial charge in [-0.2, -0.15) is 4.72 Å². The summed E-state index contributed by atoms with van der Waals surface area (Å²) in [6.07, 6.45) is 0.935. The molecule has 1 amide bonds. The van der Waals surface area contributed by atoms with Crippen LogP contribution in [-0.2, 0) is 37.3 Å². The van der Waals surface area contributed by atoms with E-state index in [4.69, 9.17) is 9.47 Å². The van der Waals surface area contributed by atoms with Gasteiger partial charge in [0.25, 0.3) is 5.91 Å². The van der Waals surface area contributed by atoms with Crippen LogP contribution < -0.4 is 9.46 Å². The number of hydrogen-bond donors (Lipinski definition) is 1. The van der Waals surface area contributed by atoms with Gasteiger partial charge in [0.1, 0.15) is 11.8 Å². The summed E-state index contributed by atoms with van der Waals surface area (Å²) in [6.45, 7) is 5.35. The SMILES string of the molecule is CCc1ccc(CN(C)C(=O)COC(=O)[C@@H](NS(=O)(=O)c2ccc(OC)cc2)C(C)C)cc1. The Balaban J connectivity index is 1.97. The van der Waals surface area contributed by atoms with E-state index in [2.05, 4.69) is 11.6 Å². The van der Waals surface area contributed by atoms with E-state index >= 15 is 0 Å². The van der Waals surface area contributed by atoms with Gasteiger partial charge in [-0.05, 0) is 47.7 Å². The van der Waals surface area contributed by atoms with Crippen molar-refractivity contribution in [2.24, 2.45) is 5.92 Å². The molecule has 0 aliphatic carbocycles. The maximum Gasteiger partial charge on any atom is 0.324 e. The van der Waals surface area contributed by atoms with Crippen molar-refractivity contribution in [1.82, 2.24) is 9.62 Å². The van der Waals surface area contributed by atoms with E-state index in [0.29, 0.717) is 12.3 Å². The number of amides is 1. The maximum absolute atomic E-state index is 12.7. The Morgan fingerprint density at radius 1 is 1.00 bits per heavy atom. The molecule has 33 heavy (non-hydrogen) atoms. The summed E-state index contributed by atoms with van der Waals surface area (Å²) < 4.78 is 38.0. The van der Waals surface area contributed by atoms with E-state index in [0.717, 1.165) is 12.0 Å². The number of rotatable bonds is 11. The second-order valence-corrected chi connectivity index (χ2v) is 9.76. The van der Waals surface area contributed by atoms with Crippen molar-refractivity contribution in [3.63, 3.8) is 0 Å². The lowest BCUT2D eigenvalue weighted by Gasteiger charge is -2.22. The molecule has 0 spiro atoms. The molecule has 0 aliphatic rings. The number of nitrogens with one attached hydrogen (secondary N) is 1. The first-order valence-electron chi connectivity index (χ1n) is 10.7. The molecule has 0 unspecified atom stereocenters. The molecule has 0 aromatic heterocycles. The van der Waals surface area contributed by atoms with Crippen LogP contribution in [0.1, 0.15) is 31.9 Å². The highest BCUT2D eigenvalue weighted by Crippen LogP contribution is 2.17. The van der Waals surface area contributed by atoms with Crippen molar-refractivity contribution in [3.05, 3.63) is 59.7 Å². The molecule has 1 N–H and O–H groups in total. The summed E-state index contributed by atoms with van der Waals surface area (Å²) in [6, 6.07) is 12.6. The average Bonchev–Trinajstić information content (AvgIpc) is 2.81. The normalized spacial score (nSPS) is 12.3. The van der Waals surface area contributed by atoms with Crippen LogP contribution >= 0.6 is 0 Å². The molecule has 0 aliphatic heterocycles. The number of benzene rings is 2. The highest BCUT2D eigenvalue weighted by Gasteiger charge is 2.30. The highest BCUT2D eigenvalue weighted by molar-refractivity contribution is 7.89. The van der Waals surface area contributed by atoms with Gasteiger partial charge in [-0.3, -0.25) is 9.59 Å². The van der Waals surface area contributed by atoms with E-state index < -0.39 is 34.6 Å². The summed E-state index contributed by atoms with van der Waals surface area (Å²) in [5, 5.41) is 0. The lowest BCUT2D eigenvalue weighted by atomic mass is 10.1. The van der Waals surface area contributed by atoms with E-state index in [1.807, 2.05) is 24.3 Å². The second kappa shape index (κ2) is 11.8. The molecule has 0 heterocycles. The Hall–Kier alpha value is -2.91. The lowest BCUT2D eigenvalue weighted by molar-refractivity contribution is -0.154. The Kier molecular flexibility index (Phi) is 9.43. The smallest absolute Gasteiger partial charge is 0.324 e. The number of ether oxygens (including phenoxy) is 2. The molecule has 1 atom stereocenters. The third kappa shape index (κ3) is 7.57. The summed E-state index contributed by atoms with van der Waals surface area (Å²) in [7, 11) is -0.877. The first kappa shape index (κ1) is 26.3. The average molecular weight is 477 g/mol. The van der Waals surface area contributed by atoms with E-state index in [9.17, 15) is 18.0 Å². The van der Waals surface area contributed by atoms with Gasteiger partial charge in [-0.25, -0.2) is 8.42 Å². The van der Waals surface area contributed by atoms with Crippen molar-refractivity contribution in [2.75, 3.05) is 20.8 Å². The molecule has 9 heteroatoms. The minimum absolute atomic E-state index is 0.00773. The highest BCUT2D eigenvalue weighted by atomic mass is 32.2. The van der Waals surface area contributed by atoms with Crippen LogP contribution in [0.25, 0.3) is 0 Å². The number of hydrogen-bond acceptors (Lipinski definition) is 6. The zero-order chi connectivity index (χ0) is 24.6. The molecule has 0 radical (unpaired) electrons. The second-order valence-electron chi connectivity index (χ2n) is 8.05. The van der Waals surface area contributed by atoms with Gasteiger partial charge in [0.05, 0.1) is 12.0 Å². The van der Waals surface area contributed by atoms with Gasteiger partial charge < -0.3 is 14.4 Å². The van der Waals surface area contributed by atoms with Gasteiger partial charge in [0, 0.05) is 13.6 Å². The molecule has 180 valence electrons. The largest absolute Gasteiger partial charge is 0.497 e. The zero-order valence-electron chi connectivity index (χ0n) is 19.7. The number of carbonyl (C=O) groups is 2. The number of nitrogens with zero attached hydrogens (tertiary/aromatic N) is 1. The number of aryl methyl sites for hydroxylation is 1. The first-order valence-corrected chi connectivity index (χ1v) is 12.2. The maximum atomic E-state index is 12.7. The zero-order valence-corrected chi connectivity index (χ0v) is 20.5. The number of sulfonamides is 1. The minimum atomic E-state index is -3.98. The van der Waals surface area contributed by atoms with Crippen LogP contribution in [0.15, 0.2) is 53.4 Å². The van der Waals surface area contributed by atoms with Crippen molar-refractivity contribution in [3.8, 4) is 5.75 Å². The van der Waals surface area contributed by atoms with Crippen LogP contribution in [0.3, 0.4) is 0 Å². The molecule has 8 nitrogen and oxygen atoms in total. The fourth-order valence-electron chi connectivity index (χ4n) is 3.02. The van der Waals surface area contributed by atoms with Crippen LogP contribution in [0.5, 0.6) is 5.75 Å². The molecule has 2 rings (SSSR count). The van der Waals surface area contributed by atoms with Gasteiger partial charge in [-0.15, -0.1) is 0 Å². The van der Waals surface area contributed by atoms with Crippen LogP contribution in [0.2, 0.25) is 0 Å². The van der Waals surface area contributed by atoms with Gasteiger partial charge >= 0.3 is 5.97 Å². The predicted molar refractivity (Wildman–Crippen MR) is 125 cm³/mol. The van der Waals surface area contributed by atoms with Crippen molar-refractivity contribution in [1.29, 1.82) is 0 Å². The molecule has 0 fully saturated rings. The fourth-order valence-corrected chi connectivity index (χ4v) is 4.35. The van der Waals surface area contributed by atoms with Crippen LogP contribution in [0.4, 0.5) is 0 Å². The number of carbonyl (C=O) groups excluding carboxylic acids is 2. The van der Waals surface area contributed by atoms with Gasteiger partial charge in [-0.1, -0.05) is 45.0 Å². The van der Waals surface area contributed by atoms with Crippen molar-refractivity contribution >= 4 is 21.9 Å². The van der Waals surface area contributed by atoms with Gasteiger partial charge in [0.15, 0.2) is 6.61 Å². The quantitative estimate of drug-likeness (QED) is 0.501. The standard InChI is InChI=1S/C24H32N2O6S/c1-6-18-7-9-19(10-8-18)15-26(4)22(27)16-32-24(28)23(17(2)3)25-33(29,30)21-13-11-20(31-5)12-14-21/h7-14,17,23,25H,6,15-16H2,1-5H3/t23-/m0/s1. The minimum Gasteiger partial charge on any atom is -0.497 e. The number of likely N-dealkylation sites (N-methyl/N-ethyl adjacent to an activating group) is 1. The van der Waals surface area contributed by atoms with Crippen LogP contribution in [-0.4, -0.2) is 52.0 Å². The molecule has 2 aromatic carbocycles. The van der Waals surface area contributed by atoms with E-state index in [1.165, 1.54) is 41.8 Å². The summed E-state index contributed by atoms with van der Waals surface area (Å²) in [5.74, 6) is -1.08. The summed E-state index contributed by atoms with van der Waals surface area (Å²) in [5.41, 5.74) is 2.17. The molecule has 0 bridgehead atoms. The third-order valence-electron chi connectivity index (χ3n) is 5.19. The number of esters is 1. The topological polar surface area (TPSA) is 102 Å². The molecule has 0 saturated heterocycles. The molecular weight excluding hydrogens is 444 g/mol. The summed E-state index contributed by atoms with van der Waals surface area (Å²) in [4.78, 5) is 26.5. The predicted octanol–water partition coefficient (Wildman–Crippen LogP) is 2.76. The van der Waals surface area contributed by atoms with Crippen LogP contribution in [0, 0.1) is 5.92 Å². The molecular formula is C24H32N2O6S. The third-order valence-corrected chi connectivity index (χ3v) is 6.64. The van der Waals surface area contributed by atoms with E-state index in [-0.39, 0.29) is 10.8 Å². The summed E-state index contributed by atoms with van der Waals surface area (Å²) >= 11 is 0. The fraction of sp³-hybridized carbons (Fsp3) is 0.417. The Labute approximate surface area is 195 Å². The Bertz CT molecular complexity index is 1030. The Morgan fingerprint density at radius 3 is 2.09 bits per heavy atom. The first-order chi connectivity index (χ1) is 15.6. The molecule has 2 aromatic rings. The number of methoxy groups -OCH3 is 1. The Morgan fingerprint density at radius 2 is 1.58 bits per heavy atom. The molecule has 0 saturated carbocycles. The lowest BCUT2D eigenvalue weighted by Crippen LogP contribution is -2.46.